The summed E-state index contributed by atoms with van der Waals surface area (Å²) in [7, 11) is 0. The first-order valence-electron chi connectivity index (χ1n) is 4.96. The predicted octanol–water partition coefficient (Wildman–Crippen LogP) is 1.97. The van der Waals surface area contributed by atoms with Crippen LogP contribution in [0.3, 0.4) is 0 Å². The second-order valence-corrected chi connectivity index (χ2v) is 4.53. The topological polar surface area (TPSA) is 30.2 Å². The lowest BCUT2D eigenvalue weighted by Gasteiger charge is -2.15. The molecule has 14 heavy (non-hydrogen) atoms. The molecule has 0 aromatic carbocycles. The van der Waals surface area contributed by atoms with Crippen LogP contribution in [0.4, 0.5) is 0 Å². The Labute approximate surface area is 89.8 Å². The van der Waals surface area contributed by atoms with Crippen molar-refractivity contribution in [3.8, 4) is 0 Å². The van der Waals surface area contributed by atoms with Crippen molar-refractivity contribution >= 4 is 19.0 Å². The van der Waals surface area contributed by atoms with Crippen LogP contribution in [0.5, 0.6) is 0 Å². The van der Waals surface area contributed by atoms with E-state index in [1.807, 2.05) is 12.4 Å². The van der Waals surface area contributed by atoms with Crippen molar-refractivity contribution in [3.05, 3.63) is 17.5 Å². The third-order valence-corrected chi connectivity index (χ3v) is 2.77. The van der Waals surface area contributed by atoms with Gasteiger partial charge in [-0.05, 0) is 38.5 Å². The van der Waals surface area contributed by atoms with Crippen LogP contribution < -0.4 is 0 Å². The molecule has 0 saturated heterocycles. The molecule has 1 aromatic heterocycles. The molecule has 0 bridgehead atoms. The van der Waals surface area contributed by atoms with Gasteiger partial charge in [-0.25, -0.2) is 4.09 Å². The van der Waals surface area contributed by atoms with Crippen molar-refractivity contribution in [3.63, 3.8) is 0 Å². The number of thiol groups is 1. The Bertz CT molecular complexity index is 356. The molecule has 0 spiro atoms. The minimum atomic E-state index is 0.418. The van der Waals surface area contributed by atoms with Crippen LogP contribution in [0.25, 0.3) is 0 Å². The van der Waals surface area contributed by atoms with Crippen molar-refractivity contribution < 1.29 is 0 Å². The minimum absolute atomic E-state index is 0.418. The van der Waals surface area contributed by atoms with Crippen molar-refractivity contribution in [1.82, 2.24) is 9.19 Å². The van der Waals surface area contributed by atoms with Gasteiger partial charge in [0.15, 0.2) is 0 Å². The minimum Gasteiger partial charge on any atom is -0.289 e. The molecule has 1 aliphatic heterocycles. The van der Waals surface area contributed by atoms with Gasteiger partial charge in [-0.15, -0.1) is 0 Å². The van der Waals surface area contributed by atoms with Crippen molar-refractivity contribution in [2.24, 2.45) is 10.9 Å². The molecule has 0 radical (unpaired) electrons. The number of rotatable bonds is 0. The maximum atomic E-state index is 4.48. The van der Waals surface area contributed by atoms with E-state index in [-0.39, 0.29) is 0 Å². The number of hydrogen-bond donors (Lipinski definition) is 1. The molecule has 1 aromatic rings. The molecule has 0 aliphatic carbocycles. The van der Waals surface area contributed by atoms with Crippen LogP contribution in [0, 0.1) is 5.92 Å². The highest BCUT2D eigenvalue weighted by Crippen LogP contribution is 2.19. The number of aliphatic imine (C=N–C) groups is 1. The maximum Gasteiger partial charge on any atom is 0.0725 e. The third-order valence-electron chi connectivity index (χ3n) is 2.56. The summed E-state index contributed by atoms with van der Waals surface area (Å²) >= 11 is 4.18. The number of aromatic nitrogens is 2. The molecule has 0 N–H and O–H groups in total. The van der Waals surface area contributed by atoms with Gasteiger partial charge in [0.2, 0.25) is 0 Å². The van der Waals surface area contributed by atoms with Crippen LogP contribution in [-0.2, 0) is 6.42 Å². The largest absolute Gasteiger partial charge is 0.289 e. The molecule has 2 atom stereocenters. The van der Waals surface area contributed by atoms with Gasteiger partial charge in [0.25, 0.3) is 0 Å². The molecule has 2 heterocycles. The lowest BCUT2D eigenvalue weighted by Crippen LogP contribution is -2.12. The van der Waals surface area contributed by atoms with E-state index in [2.05, 4.69) is 36.8 Å². The molecule has 0 amide bonds. The normalized spacial score (nSPS) is 29.1. The highest BCUT2D eigenvalue weighted by molar-refractivity contribution is 7.78. The van der Waals surface area contributed by atoms with Crippen LogP contribution in [0.2, 0.25) is 0 Å². The third kappa shape index (κ3) is 2.00. The summed E-state index contributed by atoms with van der Waals surface area (Å²) in [5, 5.41) is 4.32. The molecule has 1 aliphatic rings. The van der Waals surface area contributed by atoms with Gasteiger partial charge in [0.05, 0.1) is 5.69 Å². The van der Waals surface area contributed by atoms with Gasteiger partial charge >= 0.3 is 0 Å². The van der Waals surface area contributed by atoms with Gasteiger partial charge in [-0.2, -0.15) is 5.10 Å². The smallest absolute Gasteiger partial charge is 0.0725 e. The summed E-state index contributed by atoms with van der Waals surface area (Å²) in [6.45, 7) is 4.40. The first-order chi connectivity index (χ1) is 6.65. The van der Waals surface area contributed by atoms with Crippen LogP contribution in [-0.4, -0.2) is 21.4 Å². The molecular formula is C10H15N3S. The second-order valence-electron chi connectivity index (χ2n) is 4.12. The molecule has 0 fully saturated rings. The molecule has 3 nitrogen and oxygen atoms in total. The zero-order chi connectivity index (χ0) is 10.1. The van der Waals surface area contributed by atoms with E-state index >= 15 is 0 Å². The Balaban J connectivity index is 2.35. The standard InChI is InChI=1S/C10H15N3S/c1-7-3-8(2)11-5-9-6-13(14)12-10(9)4-7/h5-8,14H,3-4H2,1-2H3/b11-5-. The van der Waals surface area contributed by atoms with Crippen molar-refractivity contribution in [2.75, 3.05) is 0 Å². The Kier molecular flexibility index (Phi) is 2.63. The zero-order valence-electron chi connectivity index (χ0n) is 8.51. The summed E-state index contributed by atoms with van der Waals surface area (Å²) in [5.74, 6) is 0.643. The highest BCUT2D eigenvalue weighted by Gasteiger charge is 2.15. The van der Waals surface area contributed by atoms with Crippen LogP contribution in [0.1, 0.15) is 31.5 Å². The van der Waals surface area contributed by atoms with E-state index in [9.17, 15) is 0 Å². The Morgan fingerprint density at radius 2 is 2.29 bits per heavy atom. The van der Waals surface area contributed by atoms with Crippen LogP contribution >= 0.6 is 12.8 Å². The average molecular weight is 209 g/mol. The van der Waals surface area contributed by atoms with E-state index in [1.54, 1.807) is 4.09 Å². The average Bonchev–Trinajstić information content (AvgIpc) is 2.40. The van der Waals surface area contributed by atoms with Crippen molar-refractivity contribution in [1.29, 1.82) is 0 Å². The number of fused-ring (bicyclic) bond motifs is 1. The molecule has 76 valence electrons. The second kappa shape index (κ2) is 3.77. The van der Waals surface area contributed by atoms with Gasteiger partial charge in [-0.3, -0.25) is 4.99 Å². The molecule has 2 rings (SSSR count). The van der Waals surface area contributed by atoms with E-state index in [0.717, 1.165) is 24.1 Å². The Morgan fingerprint density at radius 3 is 3.07 bits per heavy atom. The molecule has 4 heteroatoms. The Morgan fingerprint density at radius 1 is 1.50 bits per heavy atom. The quantitative estimate of drug-likeness (QED) is 0.650. The van der Waals surface area contributed by atoms with E-state index < -0.39 is 0 Å². The van der Waals surface area contributed by atoms with Gasteiger partial charge in [-0.1, -0.05) is 6.92 Å². The molecule has 0 saturated carbocycles. The van der Waals surface area contributed by atoms with Crippen LogP contribution in [0.15, 0.2) is 11.2 Å². The number of nitrogens with zero attached hydrogens (tertiary/aromatic N) is 3. The summed E-state index contributed by atoms with van der Waals surface area (Å²) in [6, 6.07) is 0.418. The first-order valence-corrected chi connectivity index (χ1v) is 5.36. The molecular weight excluding hydrogens is 194 g/mol. The fourth-order valence-corrected chi connectivity index (χ4v) is 2.17. The van der Waals surface area contributed by atoms with Gasteiger partial charge in [0, 0.05) is 24.0 Å². The monoisotopic (exact) mass is 209 g/mol. The number of hydrogen-bond acceptors (Lipinski definition) is 3. The molecule has 2 unspecified atom stereocenters. The summed E-state index contributed by atoms with van der Waals surface area (Å²) < 4.78 is 1.57. The van der Waals surface area contributed by atoms with Gasteiger partial charge < -0.3 is 0 Å². The SMILES string of the molecule is CC1Cc2nn(S)cc2/C=N\C(C)C1. The first kappa shape index (κ1) is 9.77. The zero-order valence-corrected chi connectivity index (χ0v) is 9.41. The fraction of sp³-hybridized carbons (Fsp3) is 0.600. The van der Waals surface area contributed by atoms with E-state index in [4.69, 9.17) is 0 Å². The summed E-state index contributed by atoms with van der Waals surface area (Å²) in [5.41, 5.74) is 2.22. The predicted molar refractivity (Wildman–Crippen MR) is 61.2 cm³/mol. The van der Waals surface area contributed by atoms with E-state index in [0.29, 0.717) is 12.0 Å². The summed E-state index contributed by atoms with van der Waals surface area (Å²) in [4.78, 5) is 4.48. The van der Waals surface area contributed by atoms with Gasteiger partial charge in [0.1, 0.15) is 0 Å². The lowest BCUT2D eigenvalue weighted by molar-refractivity contribution is 0.474. The fourth-order valence-electron chi connectivity index (χ4n) is 1.94. The van der Waals surface area contributed by atoms with E-state index in [1.165, 1.54) is 0 Å². The maximum absolute atomic E-state index is 4.48. The highest BCUT2D eigenvalue weighted by atomic mass is 32.1. The van der Waals surface area contributed by atoms with Crippen molar-refractivity contribution in [2.45, 2.75) is 32.7 Å². The lowest BCUT2D eigenvalue weighted by atomic mass is 9.95. The Hall–Kier alpha value is -0.770. The summed E-state index contributed by atoms with van der Waals surface area (Å²) in [6.07, 6.45) is 5.99.